The molecule has 4 aromatic rings. The molecule has 1 atom stereocenters. The lowest BCUT2D eigenvalue weighted by molar-refractivity contribution is 0.0984. The summed E-state index contributed by atoms with van der Waals surface area (Å²) in [4.78, 5) is 7.11. The number of ether oxygens (including phenoxy) is 1. The van der Waals surface area contributed by atoms with Crippen LogP contribution in [0.1, 0.15) is 18.3 Å². The lowest BCUT2D eigenvalue weighted by Gasteiger charge is -2.34. The highest BCUT2D eigenvalue weighted by atomic mass is 16.5. The molecule has 0 bridgehead atoms. The number of nitrogens with one attached hydrogen (secondary N) is 1. The van der Waals surface area contributed by atoms with Gasteiger partial charge in [0.1, 0.15) is 5.69 Å². The first kappa shape index (κ1) is 17.9. The van der Waals surface area contributed by atoms with Crippen molar-refractivity contribution in [3.63, 3.8) is 0 Å². The SMILES string of the molecule is Cc1nn(C)cc1-c1cc(N2CCOC[C@H]2C)nn2c(-c3ccn[nH]3)nc(C)c12. The second kappa shape index (κ2) is 6.70. The van der Waals surface area contributed by atoms with Crippen molar-refractivity contribution in [2.75, 3.05) is 24.7 Å². The van der Waals surface area contributed by atoms with Crippen LogP contribution in [0, 0.1) is 13.8 Å². The van der Waals surface area contributed by atoms with E-state index in [4.69, 9.17) is 14.8 Å². The summed E-state index contributed by atoms with van der Waals surface area (Å²) in [6, 6.07) is 4.32. The maximum atomic E-state index is 5.63. The summed E-state index contributed by atoms with van der Waals surface area (Å²) in [7, 11) is 1.94. The molecule has 9 heteroatoms. The molecule has 1 aliphatic rings. The predicted molar refractivity (Wildman–Crippen MR) is 110 cm³/mol. The van der Waals surface area contributed by atoms with Gasteiger partial charge in [0, 0.05) is 37.1 Å². The molecule has 1 aliphatic heterocycles. The maximum absolute atomic E-state index is 5.63. The van der Waals surface area contributed by atoms with Crippen LogP contribution in [0.15, 0.2) is 24.5 Å². The fourth-order valence-corrected chi connectivity index (χ4v) is 4.09. The molecule has 0 radical (unpaired) electrons. The summed E-state index contributed by atoms with van der Waals surface area (Å²) < 4.78 is 9.41. The minimum absolute atomic E-state index is 0.247. The first-order valence-electron chi connectivity index (χ1n) is 9.78. The number of imidazole rings is 1. The standard InChI is InChI=1S/C20H24N8O/c1-12-11-29-8-7-27(12)18-9-15(16-10-26(4)24-13(16)2)19-14(3)22-20(28(19)25-18)17-5-6-21-23-17/h5-6,9-10,12H,7-8,11H2,1-4H3,(H,21,23)/t12-/m1/s1. The fraction of sp³-hybridized carbons (Fsp3) is 0.400. The van der Waals surface area contributed by atoms with Crippen LogP contribution in [-0.2, 0) is 11.8 Å². The van der Waals surface area contributed by atoms with Crippen molar-refractivity contribution in [2.24, 2.45) is 7.05 Å². The first-order valence-corrected chi connectivity index (χ1v) is 9.78. The average molecular weight is 392 g/mol. The van der Waals surface area contributed by atoms with Crippen LogP contribution >= 0.6 is 0 Å². The van der Waals surface area contributed by atoms with Crippen LogP contribution in [0.3, 0.4) is 0 Å². The number of H-pyrrole nitrogens is 1. The zero-order valence-electron chi connectivity index (χ0n) is 17.0. The van der Waals surface area contributed by atoms with E-state index in [1.807, 2.05) is 36.2 Å². The van der Waals surface area contributed by atoms with Gasteiger partial charge in [-0.05, 0) is 32.9 Å². The normalized spacial score (nSPS) is 17.4. The van der Waals surface area contributed by atoms with Crippen LogP contribution < -0.4 is 4.90 Å². The molecule has 0 unspecified atom stereocenters. The van der Waals surface area contributed by atoms with Crippen molar-refractivity contribution < 1.29 is 4.74 Å². The molecule has 0 saturated carbocycles. The number of aryl methyl sites for hydroxylation is 3. The van der Waals surface area contributed by atoms with Gasteiger partial charge >= 0.3 is 0 Å². The molecule has 150 valence electrons. The highest BCUT2D eigenvalue weighted by Crippen LogP contribution is 2.34. The number of nitrogens with zero attached hydrogens (tertiary/aromatic N) is 7. The number of fused-ring (bicyclic) bond motifs is 1. The van der Waals surface area contributed by atoms with Gasteiger partial charge < -0.3 is 9.64 Å². The van der Waals surface area contributed by atoms with E-state index in [1.54, 1.807) is 6.20 Å². The average Bonchev–Trinajstić information content (AvgIpc) is 3.41. The number of hydrogen-bond acceptors (Lipinski definition) is 6. The van der Waals surface area contributed by atoms with Crippen molar-refractivity contribution in [1.82, 2.24) is 34.6 Å². The van der Waals surface area contributed by atoms with Crippen molar-refractivity contribution in [1.29, 1.82) is 0 Å². The second-order valence-electron chi connectivity index (χ2n) is 7.59. The number of aromatic amines is 1. The summed E-state index contributed by atoms with van der Waals surface area (Å²) in [5.41, 5.74) is 5.88. The topological polar surface area (TPSA) is 89.2 Å². The molecule has 0 amide bonds. The zero-order valence-corrected chi connectivity index (χ0v) is 17.0. The first-order chi connectivity index (χ1) is 14.0. The molecule has 0 spiro atoms. The molecule has 9 nitrogen and oxygen atoms in total. The Hall–Kier alpha value is -3.20. The van der Waals surface area contributed by atoms with Gasteiger partial charge in [-0.25, -0.2) is 9.50 Å². The molecule has 29 heavy (non-hydrogen) atoms. The smallest absolute Gasteiger partial charge is 0.179 e. The minimum atomic E-state index is 0.247. The van der Waals surface area contributed by atoms with E-state index < -0.39 is 0 Å². The van der Waals surface area contributed by atoms with E-state index in [2.05, 4.69) is 39.4 Å². The van der Waals surface area contributed by atoms with Crippen molar-refractivity contribution in [3.8, 4) is 22.6 Å². The number of anilines is 1. The zero-order chi connectivity index (χ0) is 20.1. The predicted octanol–water partition coefficient (Wildman–Crippen LogP) is 2.36. The third-order valence-electron chi connectivity index (χ3n) is 5.47. The van der Waals surface area contributed by atoms with Gasteiger partial charge in [0.05, 0.1) is 36.2 Å². The third-order valence-corrected chi connectivity index (χ3v) is 5.47. The number of morpholine rings is 1. The summed E-state index contributed by atoms with van der Waals surface area (Å²) >= 11 is 0. The quantitative estimate of drug-likeness (QED) is 0.576. The van der Waals surface area contributed by atoms with Gasteiger partial charge in [-0.2, -0.15) is 10.2 Å². The highest BCUT2D eigenvalue weighted by molar-refractivity contribution is 5.86. The Balaban J connectivity index is 1.81. The van der Waals surface area contributed by atoms with E-state index in [-0.39, 0.29) is 6.04 Å². The largest absolute Gasteiger partial charge is 0.377 e. The molecule has 4 aromatic heterocycles. The maximum Gasteiger partial charge on any atom is 0.179 e. The molecule has 1 N–H and O–H groups in total. The van der Waals surface area contributed by atoms with Crippen molar-refractivity contribution >= 4 is 11.3 Å². The molecule has 0 aromatic carbocycles. The Labute approximate surface area is 168 Å². The summed E-state index contributed by atoms with van der Waals surface area (Å²) in [6.45, 7) is 8.40. The lowest BCUT2D eigenvalue weighted by atomic mass is 10.1. The molecule has 5 heterocycles. The highest BCUT2D eigenvalue weighted by Gasteiger charge is 2.25. The second-order valence-corrected chi connectivity index (χ2v) is 7.59. The van der Waals surface area contributed by atoms with E-state index in [1.165, 1.54) is 0 Å². The van der Waals surface area contributed by atoms with Gasteiger partial charge in [-0.3, -0.25) is 9.78 Å². The summed E-state index contributed by atoms with van der Waals surface area (Å²) in [5.74, 6) is 1.66. The molecular weight excluding hydrogens is 368 g/mol. The molecule has 1 saturated heterocycles. The molecule has 5 rings (SSSR count). The summed E-state index contributed by atoms with van der Waals surface area (Å²) in [6.07, 6.45) is 3.78. The number of rotatable bonds is 3. The van der Waals surface area contributed by atoms with E-state index in [0.717, 1.165) is 51.9 Å². The van der Waals surface area contributed by atoms with Crippen LogP contribution in [0.4, 0.5) is 5.82 Å². The third kappa shape index (κ3) is 2.89. The number of aromatic nitrogens is 7. The monoisotopic (exact) mass is 392 g/mol. The Bertz CT molecular complexity index is 1170. The Kier molecular flexibility index (Phi) is 4.13. The number of hydrogen-bond donors (Lipinski definition) is 1. The van der Waals surface area contributed by atoms with E-state index in [9.17, 15) is 0 Å². The van der Waals surface area contributed by atoms with Gasteiger partial charge in [0.25, 0.3) is 0 Å². The van der Waals surface area contributed by atoms with E-state index >= 15 is 0 Å². The minimum Gasteiger partial charge on any atom is -0.377 e. The lowest BCUT2D eigenvalue weighted by Crippen LogP contribution is -2.44. The van der Waals surface area contributed by atoms with Crippen LogP contribution in [-0.4, -0.2) is 60.4 Å². The van der Waals surface area contributed by atoms with Gasteiger partial charge in [-0.1, -0.05) is 0 Å². The van der Waals surface area contributed by atoms with Crippen molar-refractivity contribution in [2.45, 2.75) is 26.8 Å². The fourth-order valence-electron chi connectivity index (χ4n) is 4.09. The Morgan fingerprint density at radius 1 is 1.17 bits per heavy atom. The van der Waals surface area contributed by atoms with Gasteiger partial charge in [0.2, 0.25) is 0 Å². The summed E-state index contributed by atoms with van der Waals surface area (Å²) in [5, 5.41) is 16.7. The van der Waals surface area contributed by atoms with Crippen molar-refractivity contribution in [3.05, 3.63) is 35.9 Å². The Morgan fingerprint density at radius 2 is 2.03 bits per heavy atom. The van der Waals surface area contributed by atoms with Crippen LogP contribution in [0.25, 0.3) is 28.2 Å². The van der Waals surface area contributed by atoms with Gasteiger partial charge in [0.15, 0.2) is 11.6 Å². The van der Waals surface area contributed by atoms with Gasteiger partial charge in [-0.15, -0.1) is 5.10 Å². The van der Waals surface area contributed by atoms with E-state index in [0.29, 0.717) is 13.2 Å². The molecular formula is C20H24N8O. The Morgan fingerprint density at radius 3 is 2.72 bits per heavy atom. The molecule has 0 aliphatic carbocycles. The van der Waals surface area contributed by atoms with Crippen LogP contribution in [0.2, 0.25) is 0 Å². The van der Waals surface area contributed by atoms with Crippen LogP contribution in [0.5, 0.6) is 0 Å². The molecule has 1 fully saturated rings.